The third kappa shape index (κ3) is 27.6. The third-order valence-electron chi connectivity index (χ3n) is 11.5. The first-order valence-corrected chi connectivity index (χ1v) is 24.2. The van der Waals surface area contributed by atoms with E-state index in [-0.39, 0.29) is 11.8 Å². The van der Waals surface area contributed by atoms with E-state index >= 15 is 0 Å². The second kappa shape index (κ2) is 35.3. The molecule has 0 saturated heterocycles. The molecule has 2 rings (SSSR count). The van der Waals surface area contributed by atoms with E-state index in [9.17, 15) is 9.59 Å². The third-order valence-corrected chi connectivity index (χ3v) is 11.5. The Morgan fingerprint density at radius 2 is 0.632 bits per heavy atom. The van der Waals surface area contributed by atoms with Gasteiger partial charge in [0.25, 0.3) is 0 Å². The second-order valence-corrected chi connectivity index (χ2v) is 16.9. The van der Waals surface area contributed by atoms with Crippen molar-refractivity contribution >= 4 is 23.2 Å². The van der Waals surface area contributed by atoms with Crippen molar-refractivity contribution < 1.29 is 9.59 Å². The molecule has 0 aliphatic heterocycles. The van der Waals surface area contributed by atoms with Crippen molar-refractivity contribution in [2.75, 3.05) is 49.9 Å². The topological polar surface area (TPSA) is 64.7 Å². The molecule has 0 aromatic heterocycles. The lowest BCUT2D eigenvalue weighted by Gasteiger charge is -2.22. The van der Waals surface area contributed by atoms with Gasteiger partial charge in [-0.3, -0.25) is 9.59 Å². The summed E-state index contributed by atoms with van der Waals surface area (Å²) in [6, 6.07) is 16.5. The molecule has 0 bridgehead atoms. The normalized spacial score (nSPS) is 11.5. The lowest BCUT2D eigenvalue weighted by Crippen LogP contribution is -2.30. The standard InChI is InChI=1S/C51H88N4O2/c1-5-9-13-17-21-25-39-54(40-26-22-18-14-10-6-2)43-37-50(56)52-48-33-29-46(30-34-48)45-47-31-35-49(36-32-47)53-51(57)38-44-55(41-27-23-19-15-11-7-3)42-28-24-20-16-12-8-4/h29-36H,5-28,37-45H2,1-4H3,(H,52,56)(H,53,57). The molecule has 0 saturated carbocycles. The van der Waals surface area contributed by atoms with Gasteiger partial charge in [-0.25, -0.2) is 0 Å². The lowest BCUT2D eigenvalue weighted by molar-refractivity contribution is -0.117. The highest BCUT2D eigenvalue weighted by atomic mass is 16.2. The minimum atomic E-state index is 0.0968. The average molecular weight is 789 g/mol. The summed E-state index contributed by atoms with van der Waals surface area (Å²) in [5, 5.41) is 6.28. The highest BCUT2D eigenvalue weighted by molar-refractivity contribution is 5.91. The Balaban J connectivity index is 1.77. The molecule has 0 atom stereocenters. The monoisotopic (exact) mass is 789 g/mol. The van der Waals surface area contributed by atoms with Crippen molar-refractivity contribution in [3.05, 3.63) is 59.7 Å². The first kappa shape index (κ1) is 50.4. The van der Waals surface area contributed by atoms with E-state index < -0.39 is 0 Å². The Bertz CT molecular complexity index is 1100. The van der Waals surface area contributed by atoms with Crippen molar-refractivity contribution in [3.8, 4) is 0 Å². The number of benzene rings is 2. The number of carbonyl (C=O) groups excluding carboxylic acids is 2. The fourth-order valence-corrected chi connectivity index (χ4v) is 7.75. The fraction of sp³-hybridized carbons (Fsp3) is 0.725. The van der Waals surface area contributed by atoms with E-state index in [1.165, 1.54) is 165 Å². The van der Waals surface area contributed by atoms with E-state index in [1.807, 2.05) is 24.3 Å². The predicted octanol–water partition coefficient (Wildman–Crippen LogP) is 14.0. The van der Waals surface area contributed by atoms with Crippen LogP contribution in [0.5, 0.6) is 0 Å². The molecule has 2 N–H and O–H groups in total. The van der Waals surface area contributed by atoms with Gasteiger partial charge in [0.05, 0.1) is 0 Å². The highest BCUT2D eigenvalue weighted by Crippen LogP contribution is 2.18. The van der Waals surface area contributed by atoms with Gasteiger partial charge >= 0.3 is 0 Å². The Kier molecular flexibility index (Phi) is 31.2. The van der Waals surface area contributed by atoms with Crippen LogP contribution in [0.15, 0.2) is 48.5 Å². The van der Waals surface area contributed by atoms with E-state index in [0.717, 1.165) is 57.1 Å². The number of rotatable bonds is 38. The van der Waals surface area contributed by atoms with Crippen LogP contribution in [0, 0.1) is 0 Å². The first-order valence-electron chi connectivity index (χ1n) is 24.2. The zero-order chi connectivity index (χ0) is 41.0. The van der Waals surface area contributed by atoms with Gasteiger partial charge in [0.1, 0.15) is 0 Å². The minimum Gasteiger partial charge on any atom is -0.326 e. The molecule has 324 valence electrons. The molecule has 2 aromatic carbocycles. The van der Waals surface area contributed by atoms with Gasteiger partial charge in [0, 0.05) is 37.3 Å². The number of amides is 2. The zero-order valence-corrected chi connectivity index (χ0v) is 37.7. The number of hydrogen-bond donors (Lipinski definition) is 2. The number of hydrogen-bond acceptors (Lipinski definition) is 4. The molecule has 2 aromatic rings. The molecule has 0 aliphatic rings. The molecule has 57 heavy (non-hydrogen) atoms. The van der Waals surface area contributed by atoms with Gasteiger partial charge < -0.3 is 20.4 Å². The quantitative estimate of drug-likeness (QED) is 0.0665. The molecule has 0 radical (unpaired) electrons. The van der Waals surface area contributed by atoms with Crippen molar-refractivity contribution in [1.29, 1.82) is 0 Å². The maximum absolute atomic E-state index is 13.0. The van der Waals surface area contributed by atoms with Crippen LogP contribution in [0.3, 0.4) is 0 Å². The van der Waals surface area contributed by atoms with Crippen LogP contribution in [0.2, 0.25) is 0 Å². The molecule has 0 spiro atoms. The summed E-state index contributed by atoms with van der Waals surface area (Å²) in [5.41, 5.74) is 4.12. The number of carbonyl (C=O) groups is 2. The van der Waals surface area contributed by atoms with Gasteiger partial charge in [0.15, 0.2) is 0 Å². The Hall–Kier alpha value is -2.70. The first-order chi connectivity index (χ1) is 28.0. The largest absolute Gasteiger partial charge is 0.326 e. The highest BCUT2D eigenvalue weighted by Gasteiger charge is 2.11. The molecule has 2 amide bonds. The summed E-state index contributed by atoms with van der Waals surface area (Å²) in [4.78, 5) is 31.0. The van der Waals surface area contributed by atoms with Crippen LogP contribution in [0.1, 0.15) is 206 Å². The Labute approximate surface area is 352 Å². The number of unbranched alkanes of at least 4 members (excludes halogenated alkanes) is 20. The zero-order valence-electron chi connectivity index (χ0n) is 37.7. The molecular weight excluding hydrogens is 701 g/mol. The van der Waals surface area contributed by atoms with Crippen molar-refractivity contribution in [2.45, 2.75) is 201 Å². The van der Waals surface area contributed by atoms with Crippen LogP contribution in [-0.2, 0) is 16.0 Å². The molecule has 6 heteroatoms. The Morgan fingerprint density at radius 1 is 0.368 bits per heavy atom. The lowest BCUT2D eigenvalue weighted by atomic mass is 10.0. The van der Waals surface area contributed by atoms with Crippen LogP contribution in [-0.4, -0.2) is 60.9 Å². The van der Waals surface area contributed by atoms with Gasteiger partial charge in [-0.15, -0.1) is 0 Å². The smallest absolute Gasteiger partial charge is 0.225 e. The van der Waals surface area contributed by atoms with Gasteiger partial charge in [-0.05, 0) is 93.7 Å². The fourth-order valence-electron chi connectivity index (χ4n) is 7.75. The summed E-state index contributed by atoms with van der Waals surface area (Å²) < 4.78 is 0. The molecular formula is C51H88N4O2. The van der Waals surface area contributed by atoms with Gasteiger partial charge in [-0.2, -0.15) is 0 Å². The van der Waals surface area contributed by atoms with Crippen LogP contribution in [0.4, 0.5) is 11.4 Å². The maximum Gasteiger partial charge on any atom is 0.225 e. The summed E-state index contributed by atoms with van der Waals surface area (Å²) >= 11 is 0. The van der Waals surface area contributed by atoms with Crippen molar-refractivity contribution in [1.82, 2.24) is 9.80 Å². The molecule has 6 nitrogen and oxygen atoms in total. The maximum atomic E-state index is 13.0. The van der Waals surface area contributed by atoms with E-state index in [4.69, 9.17) is 0 Å². The summed E-state index contributed by atoms with van der Waals surface area (Å²) in [7, 11) is 0. The molecule has 0 unspecified atom stereocenters. The summed E-state index contributed by atoms with van der Waals surface area (Å²) in [6.07, 6.45) is 33.2. The van der Waals surface area contributed by atoms with Crippen LogP contribution < -0.4 is 10.6 Å². The van der Waals surface area contributed by atoms with Crippen molar-refractivity contribution in [2.24, 2.45) is 0 Å². The Morgan fingerprint density at radius 3 is 0.912 bits per heavy atom. The molecule has 0 fully saturated rings. The second-order valence-electron chi connectivity index (χ2n) is 16.9. The molecule has 0 heterocycles. The number of anilines is 2. The molecule has 0 aliphatic carbocycles. The summed E-state index contributed by atoms with van der Waals surface area (Å²) in [6.45, 7) is 15.2. The predicted molar refractivity (Wildman–Crippen MR) is 249 cm³/mol. The summed E-state index contributed by atoms with van der Waals surface area (Å²) in [5.74, 6) is 0.194. The van der Waals surface area contributed by atoms with E-state index in [1.54, 1.807) is 0 Å². The van der Waals surface area contributed by atoms with Crippen LogP contribution >= 0.6 is 0 Å². The minimum absolute atomic E-state index is 0.0968. The van der Waals surface area contributed by atoms with Gasteiger partial charge in [0.2, 0.25) is 11.8 Å². The van der Waals surface area contributed by atoms with E-state index in [0.29, 0.717) is 12.8 Å². The van der Waals surface area contributed by atoms with Crippen molar-refractivity contribution in [3.63, 3.8) is 0 Å². The SMILES string of the molecule is CCCCCCCCN(CCCCCCCC)CCC(=O)Nc1ccc(Cc2ccc(NC(=O)CCN(CCCCCCCC)CCCCCCCC)cc2)cc1. The number of nitrogens with one attached hydrogen (secondary N) is 2. The average Bonchev–Trinajstić information content (AvgIpc) is 3.22. The van der Waals surface area contributed by atoms with E-state index in [2.05, 4.69) is 72.4 Å². The van der Waals surface area contributed by atoms with Crippen LogP contribution in [0.25, 0.3) is 0 Å². The number of nitrogens with zero attached hydrogens (tertiary/aromatic N) is 2. The van der Waals surface area contributed by atoms with Gasteiger partial charge in [-0.1, -0.05) is 180 Å².